The van der Waals surface area contributed by atoms with E-state index in [1.54, 1.807) is 36.5 Å². The number of fused-ring (bicyclic) bond motifs is 1. The number of hydrogen-bond donors (Lipinski definition) is 5. The van der Waals surface area contributed by atoms with E-state index in [0.717, 1.165) is 10.8 Å². The van der Waals surface area contributed by atoms with E-state index in [1.165, 1.54) is 22.3 Å². The van der Waals surface area contributed by atoms with Crippen LogP contribution in [0.2, 0.25) is 5.02 Å². The molecule has 5 amide bonds. The Balaban J connectivity index is 0.758. The van der Waals surface area contributed by atoms with Crippen molar-refractivity contribution in [3.05, 3.63) is 93.8 Å². The summed E-state index contributed by atoms with van der Waals surface area (Å²) in [5.41, 5.74) is 1.50. The molecule has 3 aliphatic rings. The van der Waals surface area contributed by atoms with Crippen LogP contribution in [-0.4, -0.2) is 116 Å². The fourth-order valence-corrected chi connectivity index (χ4v) is 8.81. The minimum absolute atomic E-state index is 0.00172. The van der Waals surface area contributed by atoms with Crippen LogP contribution in [0.5, 0.6) is 5.75 Å². The zero-order valence-electron chi connectivity index (χ0n) is 35.7. The first-order valence-corrected chi connectivity index (χ1v) is 22.9. The van der Waals surface area contributed by atoms with Crippen molar-refractivity contribution in [2.24, 2.45) is 5.41 Å². The van der Waals surface area contributed by atoms with Gasteiger partial charge in [0, 0.05) is 73.1 Å². The summed E-state index contributed by atoms with van der Waals surface area (Å²) in [6, 6.07) is 14.6. The number of carbonyl (C=O) groups is 5. The normalized spacial score (nSPS) is 19.4. The molecule has 17 nitrogen and oxygen atoms in total. The van der Waals surface area contributed by atoms with Crippen molar-refractivity contribution in [1.29, 1.82) is 0 Å². The molecule has 0 spiro atoms. The van der Waals surface area contributed by atoms with Gasteiger partial charge in [-0.1, -0.05) is 29.8 Å². The van der Waals surface area contributed by atoms with Gasteiger partial charge >= 0.3 is 0 Å². The fraction of sp³-hybridized carbons (Fsp3) is 0.444. The van der Waals surface area contributed by atoms with Crippen LogP contribution in [0.3, 0.4) is 0 Å². The lowest BCUT2D eigenvalue weighted by Crippen LogP contribution is -2.52. The van der Waals surface area contributed by atoms with Crippen molar-refractivity contribution in [3.8, 4) is 5.75 Å². The van der Waals surface area contributed by atoms with E-state index in [4.69, 9.17) is 35.5 Å². The highest BCUT2D eigenvalue weighted by Gasteiger charge is 2.43. The zero-order chi connectivity index (χ0) is 45.6. The number of thiazole rings is 1. The summed E-state index contributed by atoms with van der Waals surface area (Å²) in [5, 5.41) is 17.3. The number of imide groups is 1. The number of piperidine rings is 1. The molecule has 7 rings (SSSR count). The molecular weight excluding hydrogens is 883 g/mol. The molecule has 1 saturated carbocycles. The molecule has 65 heavy (non-hydrogen) atoms. The minimum Gasteiger partial charge on any atom is -0.487 e. The monoisotopic (exact) mass is 934 g/mol. The first-order chi connectivity index (χ1) is 31.6. The van der Waals surface area contributed by atoms with E-state index in [9.17, 15) is 28.4 Å². The van der Waals surface area contributed by atoms with Crippen LogP contribution < -0.4 is 31.3 Å². The quantitative estimate of drug-likeness (QED) is 0.0502. The van der Waals surface area contributed by atoms with Gasteiger partial charge in [-0.2, -0.15) is 0 Å². The number of pyridine rings is 1. The summed E-state index contributed by atoms with van der Waals surface area (Å²) >= 11 is 7.45. The number of anilines is 3. The average molecular weight is 935 g/mol. The predicted octanol–water partition coefficient (Wildman–Crippen LogP) is 4.78. The third kappa shape index (κ3) is 12.8. The van der Waals surface area contributed by atoms with E-state index in [-0.39, 0.29) is 73.8 Å². The van der Waals surface area contributed by atoms with Gasteiger partial charge in [0.05, 0.1) is 49.6 Å². The second kappa shape index (κ2) is 23.1. The Morgan fingerprint density at radius 1 is 0.923 bits per heavy atom. The maximum Gasteiger partial charge on any atom is 0.255 e. The standard InChI is InChI=1S/C45H52ClFN8O9S/c46-33-6-3-8-36(40(33)47)64-30-12-14-45(15-13-30,26-29-4-1-9-37(51-29)53-44-50-19-25-65-44)43(60)49-17-16-48-18-20-61-21-22-62-23-24-63-28-39(57)52-34-7-2-5-31-32(34)27-55(42(31)59)35-10-11-38(56)54-41(35)58/h1-9,19,25,30,35,48H,10-18,20-24,26-28H2,(H,49,60)(H,52,57)(H,50,51,53)(H,54,56,58)/t30-,35?,45-. The summed E-state index contributed by atoms with van der Waals surface area (Å²) < 4.78 is 37.3. The van der Waals surface area contributed by atoms with Crippen LogP contribution in [0.4, 0.5) is 21.0 Å². The molecule has 20 heteroatoms. The number of carbonyl (C=O) groups excluding carboxylic acids is 5. The number of rotatable bonds is 23. The molecule has 2 aromatic heterocycles. The van der Waals surface area contributed by atoms with Crippen molar-refractivity contribution < 1.29 is 47.3 Å². The second-order valence-corrected chi connectivity index (χ2v) is 17.2. The molecule has 346 valence electrons. The third-order valence-corrected chi connectivity index (χ3v) is 12.4. The SMILES string of the molecule is O=C1CCC(N2Cc3c(NC(=O)COCCOCCOCCNCCNC(=O)[C@]4(Cc5cccc(Nc6nccs6)n5)CC[C@@H](Oc5cccc(Cl)c5F)CC4)cccc3C2=O)C(=O)N1. The van der Waals surface area contributed by atoms with Crippen LogP contribution >= 0.6 is 22.9 Å². The van der Waals surface area contributed by atoms with Crippen LogP contribution in [0.15, 0.2) is 66.2 Å². The summed E-state index contributed by atoms with van der Waals surface area (Å²) in [7, 11) is 0. The lowest BCUT2D eigenvalue weighted by Gasteiger charge is -2.39. The molecule has 1 aliphatic carbocycles. The van der Waals surface area contributed by atoms with Gasteiger partial charge in [0.2, 0.25) is 23.6 Å². The molecule has 1 atom stereocenters. The number of halogens is 2. The number of benzene rings is 2. The van der Waals surface area contributed by atoms with Gasteiger partial charge in [0.1, 0.15) is 18.5 Å². The van der Waals surface area contributed by atoms with Crippen molar-refractivity contribution in [1.82, 2.24) is 30.8 Å². The van der Waals surface area contributed by atoms with Gasteiger partial charge in [-0.15, -0.1) is 11.3 Å². The van der Waals surface area contributed by atoms with Crippen LogP contribution in [0.25, 0.3) is 0 Å². The topological polar surface area (TPSA) is 211 Å². The highest BCUT2D eigenvalue weighted by molar-refractivity contribution is 7.13. The van der Waals surface area contributed by atoms with Gasteiger partial charge in [-0.3, -0.25) is 29.3 Å². The smallest absolute Gasteiger partial charge is 0.255 e. The molecule has 1 saturated heterocycles. The van der Waals surface area contributed by atoms with Crippen molar-refractivity contribution in [2.75, 3.05) is 69.9 Å². The van der Waals surface area contributed by atoms with Gasteiger partial charge in [0.15, 0.2) is 16.7 Å². The maximum absolute atomic E-state index is 14.6. The number of nitrogens with zero attached hydrogens (tertiary/aromatic N) is 3. The number of ether oxygens (including phenoxy) is 4. The van der Waals surface area contributed by atoms with Gasteiger partial charge in [-0.05, 0) is 68.5 Å². The average Bonchev–Trinajstić information content (AvgIpc) is 3.93. The van der Waals surface area contributed by atoms with Gasteiger partial charge in [-0.25, -0.2) is 14.4 Å². The Bertz CT molecular complexity index is 2300. The summed E-state index contributed by atoms with van der Waals surface area (Å²) in [6.07, 6.45) is 4.43. The molecule has 4 aromatic rings. The Kier molecular flexibility index (Phi) is 16.8. The lowest BCUT2D eigenvalue weighted by molar-refractivity contribution is -0.137. The van der Waals surface area contributed by atoms with Crippen molar-refractivity contribution in [2.45, 2.75) is 63.6 Å². The van der Waals surface area contributed by atoms with Crippen LogP contribution in [0.1, 0.15) is 60.1 Å². The Hall–Kier alpha value is -5.57. The van der Waals surface area contributed by atoms with Gasteiger partial charge in [0.25, 0.3) is 5.91 Å². The van der Waals surface area contributed by atoms with Crippen molar-refractivity contribution in [3.63, 3.8) is 0 Å². The number of aromatic nitrogens is 2. The third-order valence-electron chi connectivity index (χ3n) is 11.4. The first kappa shape index (κ1) is 47.4. The molecular formula is C45H52ClFN8O9S. The minimum atomic E-state index is -0.748. The maximum atomic E-state index is 14.6. The molecule has 0 radical (unpaired) electrons. The first-order valence-electron chi connectivity index (χ1n) is 21.6. The number of amides is 5. The van der Waals surface area contributed by atoms with Crippen LogP contribution in [0, 0.1) is 11.2 Å². The highest BCUT2D eigenvalue weighted by Crippen LogP contribution is 2.41. The Morgan fingerprint density at radius 2 is 1.69 bits per heavy atom. The largest absolute Gasteiger partial charge is 0.487 e. The van der Waals surface area contributed by atoms with Crippen LogP contribution in [-0.2, 0) is 46.4 Å². The Morgan fingerprint density at radius 3 is 2.48 bits per heavy atom. The molecule has 2 fully saturated rings. The molecule has 0 bridgehead atoms. The van der Waals surface area contributed by atoms with E-state index >= 15 is 0 Å². The predicted molar refractivity (Wildman–Crippen MR) is 240 cm³/mol. The molecule has 2 aromatic carbocycles. The fourth-order valence-electron chi connectivity index (χ4n) is 8.10. The van der Waals surface area contributed by atoms with E-state index < -0.39 is 29.1 Å². The zero-order valence-corrected chi connectivity index (χ0v) is 37.3. The lowest BCUT2D eigenvalue weighted by atomic mass is 9.69. The summed E-state index contributed by atoms with van der Waals surface area (Å²) in [6.45, 7) is 2.99. The molecule has 1 unspecified atom stereocenters. The van der Waals surface area contributed by atoms with Crippen molar-refractivity contribution >= 4 is 69.1 Å². The van der Waals surface area contributed by atoms with Gasteiger partial charge < -0.3 is 45.1 Å². The molecule has 4 heterocycles. The van der Waals surface area contributed by atoms with E-state index in [0.29, 0.717) is 94.2 Å². The number of nitrogens with one attached hydrogen (secondary N) is 5. The summed E-state index contributed by atoms with van der Waals surface area (Å²) in [5.74, 6) is -1.49. The Labute approximate surface area is 384 Å². The van der Waals surface area contributed by atoms with E-state index in [1.807, 2.05) is 23.6 Å². The second-order valence-electron chi connectivity index (χ2n) is 15.9. The number of hydrogen-bond acceptors (Lipinski definition) is 14. The molecule has 5 N–H and O–H groups in total. The molecule has 2 aliphatic heterocycles. The highest BCUT2D eigenvalue weighted by atomic mass is 35.5. The van der Waals surface area contributed by atoms with E-state index in [2.05, 4.69) is 31.6 Å². The summed E-state index contributed by atoms with van der Waals surface area (Å²) in [4.78, 5) is 74.1.